The molecule has 2 N–H and O–H groups in total. The van der Waals surface area contributed by atoms with E-state index in [2.05, 4.69) is 27.9 Å². The van der Waals surface area contributed by atoms with Gasteiger partial charge in [-0.3, -0.25) is 9.69 Å². The van der Waals surface area contributed by atoms with Crippen molar-refractivity contribution >= 4 is 35.4 Å². The Labute approximate surface area is 169 Å². The molecular formula is C18H25ClN6OS. The Morgan fingerprint density at radius 1 is 1.30 bits per heavy atom. The topological polar surface area (TPSA) is 72.3 Å². The molecule has 2 heterocycles. The third kappa shape index (κ3) is 4.69. The van der Waals surface area contributed by atoms with E-state index in [0.717, 1.165) is 37.0 Å². The van der Waals surface area contributed by atoms with Crippen LogP contribution in [0.5, 0.6) is 0 Å². The van der Waals surface area contributed by atoms with Crippen LogP contribution in [-0.4, -0.2) is 51.3 Å². The average molecular weight is 409 g/mol. The van der Waals surface area contributed by atoms with Gasteiger partial charge in [0.25, 0.3) is 0 Å². The van der Waals surface area contributed by atoms with Crippen molar-refractivity contribution < 1.29 is 4.79 Å². The molecule has 0 atom stereocenters. The molecule has 1 aromatic heterocycles. The zero-order chi connectivity index (χ0) is 19.6. The summed E-state index contributed by atoms with van der Waals surface area (Å²) in [6.45, 7) is 6.44. The molecule has 1 aromatic carbocycles. The first-order valence-corrected chi connectivity index (χ1v) is 9.78. The van der Waals surface area contributed by atoms with E-state index in [1.807, 2.05) is 28.4 Å². The largest absolute Gasteiger partial charge is 0.370 e. The summed E-state index contributed by atoms with van der Waals surface area (Å²) in [5.74, 6) is 0.454. The molecule has 146 valence electrons. The van der Waals surface area contributed by atoms with Gasteiger partial charge in [0.1, 0.15) is 5.82 Å². The molecule has 3 rings (SSSR count). The number of hydrogen-bond acceptors (Lipinski definition) is 5. The summed E-state index contributed by atoms with van der Waals surface area (Å²) in [6.07, 6.45) is 0.779. The van der Waals surface area contributed by atoms with Crippen LogP contribution in [0.1, 0.15) is 17.8 Å². The number of nitrogens with zero attached hydrogens (tertiary/aromatic N) is 5. The molecule has 1 aliphatic heterocycles. The summed E-state index contributed by atoms with van der Waals surface area (Å²) in [7, 11) is 1.88. The van der Waals surface area contributed by atoms with Crippen molar-refractivity contribution in [3.63, 3.8) is 0 Å². The number of aromatic nitrogens is 3. The SMILES string of the molecule is Cc1ccc(Cl)cc1N1CCN(Cn2nc(CCC(N)=O)n(C)c2=S)CC1. The average Bonchev–Trinajstić information content (AvgIpc) is 2.90. The predicted octanol–water partition coefficient (Wildman–Crippen LogP) is 2.11. The van der Waals surface area contributed by atoms with Crippen LogP contribution in [0.2, 0.25) is 5.02 Å². The van der Waals surface area contributed by atoms with E-state index >= 15 is 0 Å². The maximum absolute atomic E-state index is 11.0. The van der Waals surface area contributed by atoms with Gasteiger partial charge in [-0.05, 0) is 36.8 Å². The number of rotatable bonds is 6. The maximum Gasteiger partial charge on any atom is 0.217 e. The van der Waals surface area contributed by atoms with Gasteiger partial charge in [0.15, 0.2) is 4.77 Å². The fourth-order valence-corrected chi connectivity index (χ4v) is 3.69. The molecule has 1 fully saturated rings. The molecule has 0 aliphatic carbocycles. The van der Waals surface area contributed by atoms with Crippen molar-refractivity contribution in [1.82, 2.24) is 19.2 Å². The standard InChI is InChI=1S/C18H25ClN6OS/c1-13-3-4-14(19)11-15(13)24-9-7-23(8-10-24)12-25-18(27)22(2)17(21-25)6-5-16(20)26/h3-4,11H,5-10,12H2,1-2H3,(H2,20,26). The van der Waals surface area contributed by atoms with Gasteiger partial charge in [-0.1, -0.05) is 17.7 Å². The lowest BCUT2D eigenvalue weighted by Crippen LogP contribution is -2.47. The fourth-order valence-electron chi connectivity index (χ4n) is 3.32. The minimum absolute atomic E-state index is 0.275. The first kappa shape index (κ1) is 19.9. The number of halogens is 1. The summed E-state index contributed by atoms with van der Waals surface area (Å²) in [4.78, 5) is 15.7. The molecule has 27 heavy (non-hydrogen) atoms. The highest BCUT2D eigenvalue weighted by molar-refractivity contribution is 7.71. The van der Waals surface area contributed by atoms with Gasteiger partial charge in [0.05, 0.1) is 6.67 Å². The van der Waals surface area contributed by atoms with E-state index in [-0.39, 0.29) is 12.3 Å². The lowest BCUT2D eigenvalue weighted by atomic mass is 10.1. The summed E-state index contributed by atoms with van der Waals surface area (Å²) < 4.78 is 4.33. The van der Waals surface area contributed by atoms with Crippen molar-refractivity contribution in [3.05, 3.63) is 39.4 Å². The molecule has 0 unspecified atom stereocenters. The fraction of sp³-hybridized carbons (Fsp3) is 0.500. The number of benzene rings is 1. The molecule has 1 aliphatic rings. The second kappa shape index (κ2) is 8.41. The van der Waals surface area contributed by atoms with Crippen LogP contribution in [-0.2, 0) is 24.9 Å². The molecule has 0 bridgehead atoms. The van der Waals surface area contributed by atoms with Crippen LogP contribution >= 0.6 is 23.8 Å². The Morgan fingerprint density at radius 3 is 2.67 bits per heavy atom. The van der Waals surface area contributed by atoms with Crippen molar-refractivity contribution in [2.75, 3.05) is 31.1 Å². The highest BCUT2D eigenvalue weighted by atomic mass is 35.5. The summed E-state index contributed by atoms with van der Waals surface area (Å²) in [6, 6.07) is 6.02. The van der Waals surface area contributed by atoms with E-state index in [1.54, 1.807) is 0 Å². The Hall–Kier alpha value is -1.90. The van der Waals surface area contributed by atoms with Crippen LogP contribution < -0.4 is 10.6 Å². The van der Waals surface area contributed by atoms with Gasteiger partial charge in [-0.2, -0.15) is 5.10 Å². The van der Waals surface area contributed by atoms with Gasteiger partial charge in [-0.25, -0.2) is 4.68 Å². The molecule has 0 radical (unpaired) electrons. The number of piperazine rings is 1. The normalized spacial score (nSPS) is 15.3. The minimum Gasteiger partial charge on any atom is -0.370 e. The molecule has 7 nitrogen and oxygen atoms in total. The lowest BCUT2D eigenvalue weighted by molar-refractivity contribution is -0.118. The Balaban J connectivity index is 1.62. The Kier molecular flexibility index (Phi) is 6.18. The number of nitrogens with two attached hydrogens (primary N) is 1. The van der Waals surface area contributed by atoms with Crippen molar-refractivity contribution in [3.8, 4) is 0 Å². The minimum atomic E-state index is -0.331. The number of carbonyl (C=O) groups excluding carboxylic acids is 1. The number of carbonyl (C=O) groups is 1. The van der Waals surface area contributed by atoms with Gasteiger partial charge < -0.3 is 15.2 Å². The van der Waals surface area contributed by atoms with Crippen LogP contribution in [0.25, 0.3) is 0 Å². The van der Waals surface area contributed by atoms with E-state index in [1.165, 1.54) is 11.3 Å². The van der Waals surface area contributed by atoms with E-state index in [9.17, 15) is 4.79 Å². The first-order chi connectivity index (χ1) is 12.8. The molecule has 2 aromatic rings. The van der Waals surface area contributed by atoms with Crippen LogP contribution in [0.4, 0.5) is 5.69 Å². The van der Waals surface area contributed by atoms with Crippen LogP contribution in [0.3, 0.4) is 0 Å². The molecule has 0 saturated carbocycles. The molecule has 9 heteroatoms. The highest BCUT2D eigenvalue weighted by Gasteiger charge is 2.20. The van der Waals surface area contributed by atoms with Gasteiger partial charge in [0, 0.05) is 56.8 Å². The Morgan fingerprint density at radius 2 is 2.00 bits per heavy atom. The third-order valence-electron chi connectivity index (χ3n) is 4.94. The zero-order valence-electron chi connectivity index (χ0n) is 15.7. The molecule has 0 spiro atoms. The monoisotopic (exact) mass is 408 g/mol. The Bertz CT molecular complexity index is 884. The van der Waals surface area contributed by atoms with Crippen molar-refractivity contribution in [1.29, 1.82) is 0 Å². The smallest absolute Gasteiger partial charge is 0.217 e. The molecule has 1 saturated heterocycles. The maximum atomic E-state index is 11.0. The third-order valence-corrected chi connectivity index (χ3v) is 5.66. The van der Waals surface area contributed by atoms with Crippen LogP contribution in [0, 0.1) is 11.7 Å². The number of hydrogen-bond donors (Lipinski definition) is 1. The molecular weight excluding hydrogens is 384 g/mol. The number of anilines is 1. The van der Waals surface area contributed by atoms with Crippen molar-refractivity contribution in [2.45, 2.75) is 26.4 Å². The quantitative estimate of drug-likeness (QED) is 0.741. The second-order valence-corrected chi connectivity index (χ2v) is 7.70. The summed E-state index contributed by atoms with van der Waals surface area (Å²) >= 11 is 11.6. The highest BCUT2D eigenvalue weighted by Crippen LogP contribution is 2.25. The molecule has 1 amide bonds. The van der Waals surface area contributed by atoms with E-state index in [4.69, 9.17) is 29.6 Å². The summed E-state index contributed by atoms with van der Waals surface area (Å²) in [5.41, 5.74) is 7.67. The van der Waals surface area contributed by atoms with Crippen LogP contribution in [0.15, 0.2) is 18.2 Å². The van der Waals surface area contributed by atoms with Gasteiger partial charge >= 0.3 is 0 Å². The lowest BCUT2D eigenvalue weighted by Gasteiger charge is -2.36. The summed E-state index contributed by atoms with van der Waals surface area (Å²) in [5, 5.41) is 5.34. The zero-order valence-corrected chi connectivity index (χ0v) is 17.3. The first-order valence-electron chi connectivity index (χ1n) is 8.99. The van der Waals surface area contributed by atoms with Crippen molar-refractivity contribution in [2.24, 2.45) is 12.8 Å². The van der Waals surface area contributed by atoms with Gasteiger partial charge in [-0.15, -0.1) is 0 Å². The number of primary amides is 1. The van der Waals surface area contributed by atoms with E-state index in [0.29, 0.717) is 17.9 Å². The number of aryl methyl sites for hydroxylation is 2. The number of amides is 1. The van der Waals surface area contributed by atoms with Gasteiger partial charge in [0.2, 0.25) is 5.91 Å². The predicted molar refractivity (Wildman–Crippen MR) is 110 cm³/mol. The second-order valence-electron chi connectivity index (χ2n) is 6.90. The van der Waals surface area contributed by atoms with E-state index < -0.39 is 0 Å².